The number of halogens is 1. The molecule has 0 fully saturated rings. The third-order valence-corrected chi connectivity index (χ3v) is 7.21. The van der Waals surface area contributed by atoms with Gasteiger partial charge in [-0.25, -0.2) is 4.98 Å². The molecule has 1 N–H and O–H groups in total. The van der Waals surface area contributed by atoms with Crippen LogP contribution >= 0.6 is 35.1 Å². The van der Waals surface area contributed by atoms with Crippen LogP contribution in [0.15, 0.2) is 63.4 Å². The number of amides is 1. The van der Waals surface area contributed by atoms with Crippen molar-refractivity contribution in [1.29, 1.82) is 0 Å². The molecule has 0 aliphatic carbocycles. The number of aromatic nitrogens is 2. The number of carbonyl (C=O) groups excluding carboxylic acids is 1. The molecular formula is C22H20ClN3O2S2. The van der Waals surface area contributed by atoms with E-state index in [9.17, 15) is 9.59 Å². The lowest BCUT2D eigenvalue weighted by Crippen LogP contribution is -2.26. The van der Waals surface area contributed by atoms with Gasteiger partial charge in [-0.1, -0.05) is 59.8 Å². The summed E-state index contributed by atoms with van der Waals surface area (Å²) in [5.74, 6) is 0.847. The van der Waals surface area contributed by atoms with Gasteiger partial charge in [0.2, 0.25) is 5.91 Å². The van der Waals surface area contributed by atoms with E-state index in [-0.39, 0.29) is 17.2 Å². The number of hydrogen-bond donors (Lipinski definition) is 1. The van der Waals surface area contributed by atoms with E-state index in [1.54, 1.807) is 22.4 Å². The van der Waals surface area contributed by atoms with Gasteiger partial charge >= 0.3 is 0 Å². The second-order valence-corrected chi connectivity index (χ2v) is 9.40. The molecule has 30 heavy (non-hydrogen) atoms. The maximum absolute atomic E-state index is 13.1. The highest BCUT2D eigenvalue weighted by Crippen LogP contribution is 2.29. The molecular weight excluding hydrogens is 438 g/mol. The zero-order chi connectivity index (χ0) is 21.1. The van der Waals surface area contributed by atoms with Crippen molar-refractivity contribution in [2.45, 2.75) is 29.9 Å². The van der Waals surface area contributed by atoms with E-state index in [4.69, 9.17) is 16.6 Å². The molecule has 8 heteroatoms. The first-order valence-corrected chi connectivity index (χ1v) is 11.9. The molecule has 0 saturated heterocycles. The largest absolute Gasteiger partial charge is 0.325 e. The molecule has 3 aromatic rings. The fourth-order valence-corrected chi connectivity index (χ4v) is 5.18. The van der Waals surface area contributed by atoms with E-state index in [0.717, 1.165) is 33.9 Å². The second-order valence-electron chi connectivity index (χ2n) is 6.95. The number of thioether (sulfide) groups is 2. The number of aryl methyl sites for hydroxylation is 2. The standard InChI is InChI=1S/C22H20ClN3O2S2/c1-14-7-8-16(11-17(14)23)24-19(27)13-30-22-25-18-9-10-29-20(18)21(28)26(22)12-15-5-3-2-4-6-15/h2-8,11H,9-10,12-13H2,1H3,(H,24,27). The Kier molecular flexibility index (Phi) is 6.51. The molecule has 1 aliphatic heterocycles. The Morgan fingerprint density at radius 2 is 2.07 bits per heavy atom. The normalized spacial score (nSPS) is 12.6. The summed E-state index contributed by atoms with van der Waals surface area (Å²) in [5, 5.41) is 4.03. The van der Waals surface area contributed by atoms with Gasteiger partial charge in [-0.15, -0.1) is 11.8 Å². The third kappa shape index (κ3) is 4.74. The molecule has 4 rings (SSSR count). The Hall–Kier alpha value is -2.22. The smallest absolute Gasteiger partial charge is 0.268 e. The Morgan fingerprint density at radius 1 is 1.27 bits per heavy atom. The van der Waals surface area contributed by atoms with Gasteiger partial charge in [-0.3, -0.25) is 14.2 Å². The summed E-state index contributed by atoms with van der Waals surface area (Å²) in [6.45, 7) is 2.34. The number of nitrogens with one attached hydrogen (secondary N) is 1. The summed E-state index contributed by atoms with van der Waals surface area (Å²) >= 11 is 8.97. The van der Waals surface area contributed by atoms with Crippen molar-refractivity contribution < 1.29 is 4.79 Å². The van der Waals surface area contributed by atoms with E-state index >= 15 is 0 Å². The average Bonchev–Trinajstić information content (AvgIpc) is 3.21. The highest BCUT2D eigenvalue weighted by Gasteiger charge is 2.22. The fraction of sp³-hybridized carbons (Fsp3) is 0.227. The van der Waals surface area contributed by atoms with Crippen molar-refractivity contribution in [2.75, 3.05) is 16.8 Å². The van der Waals surface area contributed by atoms with Crippen LogP contribution in [0.4, 0.5) is 5.69 Å². The molecule has 2 aromatic carbocycles. The molecule has 154 valence electrons. The number of nitrogens with zero attached hydrogens (tertiary/aromatic N) is 2. The molecule has 1 aromatic heterocycles. The van der Waals surface area contributed by atoms with E-state index in [0.29, 0.717) is 22.4 Å². The van der Waals surface area contributed by atoms with E-state index in [1.807, 2.05) is 49.4 Å². The maximum Gasteiger partial charge on any atom is 0.268 e. The van der Waals surface area contributed by atoms with E-state index in [1.165, 1.54) is 11.8 Å². The Morgan fingerprint density at radius 3 is 2.83 bits per heavy atom. The van der Waals surface area contributed by atoms with Gasteiger partial charge in [0.05, 0.1) is 22.9 Å². The molecule has 1 amide bonds. The van der Waals surface area contributed by atoms with Crippen LogP contribution in [0.25, 0.3) is 0 Å². The zero-order valence-electron chi connectivity index (χ0n) is 16.4. The molecule has 0 atom stereocenters. The minimum atomic E-state index is -0.171. The number of anilines is 1. The summed E-state index contributed by atoms with van der Waals surface area (Å²) in [5.41, 5.74) is 3.43. The van der Waals surface area contributed by atoms with Crippen molar-refractivity contribution in [1.82, 2.24) is 9.55 Å². The summed E-state index contributed by atoms with van der Waals surface area (Å²) in [7, 11) is 0. The highest BCUT2D eigenvalue weighted by molar-refractivity contribution is 8.00. The first-order valence-electron chi connectivity index (χ1n) is 9.50. The third-order valence-electron chi connectivity index (χ3n) is 4.72. The quantitative estimate of drug-likeness (QED) is 0.431. The van der Waals surface area contributed by atoms with Gasteiger partial charge in [0.25, 0.3) is 5.56 Å². The summed E-state index contributed by atoms with van der Waals surface area (Å²) < 4.78 is 1.67. The highest BCUT2D eigenvalue weighted by atomic mass is 35.5. The molecule has 5 nitrogen and oxygen atoms in total. The lowest BCUT2D eigenvalue weighted by atomic mass is 10.2. The van der Waals surface area contributed by atoms with Crippen molar-refractivity contribution >= 4 is 46.7 Å². The van der Waals surface area contributed by atoms with Gasteiger partial charge in [0.1, 0.15) is 0 Å². The second kappa shape index (κ2) is 9.29. The fourth-order valence-electron chi connectivity index (χ4n) is 3.14. The molecule has 0 spiro atoms. The van der Waals surface area contributed by atoms with Crippen LogP contribution in [-0.4, -0.2) is 27.0 Å². The van der Waals surface area contributed by atoms with Gasteiger partial charge in [-0.2, -0.15) is 0 Å². The Balaban J connectivity index is 1.54. The van der Waals surface area contributed by atoms with Gasteiger partial charge in [0, 0.05) is 22.9 Å². The van der Waals surface area contributed by atoms with Crippen LogP contribution in [-0.2, 0) is 17.8 Å². The van der Waals surface area contributed by atoms with Gasteiger partial charge in [-0.05, 0) is 30.2 Å². The van der Waals surface area contributed by atoms with Crippen molar-refractivity contribution in [2.24, 2.45) is 0 Å². The number of fused-ring (bicyclic) bond motifs is 1. The first-order chi connectivity index (χ1) is 14.5. The predicted octanol–water partition coefficient (Wildman–Crippen LogP) is 4.63. The average molecular weight is 458 g/mol. The minimum absolute atomic E-state index is 0.0282. The summed E-state index contributed by atoms with van der Waals surface area (Å²) in [4.78, 5) is 31.0. The van der Waals surface area contributed by atoms with Gasteiger partial charge in [0.15, 0.2) is 5.16 Å². The number of carbonyl (C=O) groups is 1. The van der Waals surface area contributed by atoms with Crippen molar-refractivity contribution in [3.8, 4) is 0 Å². The monoisotopic (exact) mass is 457 g/mol. The van der Waals surface area contributed by atoms with Crippen LogP contribution < -0.4 is 10.9 Å². The number of rotatable bonds is 6. The molecule has 0 saturated carbocycles. The van der Waals surface area contributed by atoms with Crippen LogP contribution in [0.2, 0.25) is 5.02 Å². The van der Waals surface area contributed by atoms with Crippen molar-refractivity contribution in [3.05, 3.63) is 80.7 Å². The number of hydrogen-bond acceptors (Lipinski definition) is 5. The topological polar surface area (TPSA) is 64.0 Å². The van der Waals surface area contributed by atoms with E-state index < -0.39 is 0 Å². The predicted molar refractivity (Wildman–Crippen MR) is 124 cm³/mol. The minimum Gasteiger partial charge on any atom is -0.325 e. The Labute approximate surface area is 188 Å². The first kappa shape index (κ1) is 21.0. The molecule has 2 heterocycles. The molecule has 0 bridgehead atoms. The van der Waals surface area contributed by atoms with Crippen LogP contribution in [0.1, 0.15) is 16.8 Å². The lowest BCUT2D eigenvalue weighted by Gasteiger charge is -2.14. The Bertz CT molecular complexity index is 1150. The van der Waals surface area contributed by atoms with Crippen LogP contribution in [0.3, 0.4) is 0 Å². The van der Waals surface area contributed by atoms with Gasteiger partial charge < -0.3 is 5.32 Å². The van der Waals surface area contributed by atoms with Crippen molar-refractivity contribution in [3.63, 3.8) is 0 Å². The van der Waals surface area contributed by atoms with E-state index in [2.05, 4.69) is 5.32 Å². The summed E-state index contributed by atoms with van der Waals surface area (Å²) in [6.07, 6.45) is 0.781. The van der Waals surface area contributed by atoms with Crippen LogP contribution in [0.5, 0.6) is 0 Å². The maximum atomic E-state index is 13.1. The summed E-state index contributed by atoms with van der Waals surface area (Å²) in [6, 6.07) is 15.2. The zero-order valence-corrected chi connectivity index (χ0v) is 18.7. The number of benzene rings is 2. The molecule has 0 unspecified atom stereocenters. The molecule has 0 radical (unpaired) electrons. The molecule has 1 aliphatic rings. The SMILES string of the molecule is Cc1ccc(NC(=O)CSc2nc3c(c(=O)n2Cc2ccccc2)SCC3)cc1Cl. The van der Waals surface area contributed by atoms with Crippen LogP contribution in [0, 0.1) is 6.92 Å². The lowest BCUT2D eigenvalue weighted by molar-refractivity contribution is -0.113.